The molecule has 0 saturated carbocycles. The summed E-state index contributed by atoms with van der Waals surface area (Å²) >= 11 is 7.62. The minimum Gasteiger partial charge on any atom is -0.443 e. The van der Waals surface area contributed by atoms with Gasteiger partial charge < -0.3 is 10.1 Å². The van der Waals surface area contributed by atoms with Crippen LogP contribution >= 0.6 is 23.4 Å². The van der Waals surface area contributed by atoms with Gasteiger partial charge in [0.1, 0.15) is 6.10 Å². The molecule has 0 radical (unpaired) electrons. The van der Waals surface area contributed by atoms with Crippen molar-refractivity contribution in [1.29, 1.82) is 0 Å². The highest BCUT2D eigenvalue weighted by Crippen LogP contribution is 2.18. The van der Waals surface area contributed by atoms with Gasteiger partial charge in [-0.05, 0) is 17.7 Å². The molecule has 1 aromatic carbocycles. The molecule has 1 aliphatic rings. The molecule has 0 aromatic heterocycles. The van der Waals surface area contributed by atoms with E-state index in [0.29, 0.717) is 6.54 Å². The SMILES string of the molecule is O=C1NCC(CSCc2cccc(Cl)c2)O1. The maximum absolute atomic E-state index is 10.8. The zero-order chi connectivity index (χ0) is 11.4. The number of amides is 1. The standard InChI is InChI=1S/C11H12ClNO2S/c12-9-3-1-2-8(4-9)6-16-7-10-5-13-11(14)15-10/h1-4,10H,5-7H2,(H,13,14). The number of carbonyl (C=O) groups excluding carboxylic acids is 1. The largest absolute Gasteiger partial charge is 0.443 e. The third kappa shape index (κ3) is 3.32. The van der Waals surface area contributed by atoms with Gasteiger partial charge in [0.05, 0.1) is 6.54 Å². The summed E-state index contributed by atoms with van der Waals surface area (Å²) in [5.74, 6) is 1.69. The van der Waals surface area contributed by atoms with Crippen LogP contribution in [0.1, 0.15) is 5.56 Å². The fraction of sp³-hybridized carbons (Fsp3) is 0.364. The van der Waals surface area contributed by atoms with Crippen LogP contribution < -0.4 is 5.32 Å². The minimum absolute atomic E-state index is 0.00307. The number of nitrogens with one attached hydrogen (secondary N) is 1. The second-order valence-electron chi connectivity index (χ2n) is 3.55. The summed E-state index contributed by atoms with van der Waals surface area (Å²) in [6, 6.07) is 7.79. The van der Waals surface area contributed by atoms with Crippen LogP contribution in [0.15, 0.2) is 24.3 Å². The van der Waals surface area contributed by atoms with Crippen molar-refractivity contribution >= 4 is 29.5 Å². The number of benzene rings is 1. The van der Waals surface area contributed by atoms with Gasteiger partial charge in [-0.1, -0.05) is 23.7 Å². The third-order valence-corrected chi connectivity index (χ3v) is 3.59. The van der Waals surface area contributed by atoms with Gasteiger partial charge in [-0.15, -0.1) is 0 Å². The number of halogens is 1. The highest BCUT2D eigenvalue weighted by Gasteiger charge is 2.21. The molecule has 0 spiro atoms. The van der Waals surface area contributed by atoms with E-state index >= 15 is 0 Å². The molecule has 16 heavy (non-hydrogen) atoms. The van der Waals surface area contributed by atoms with Gasteiger partial charge in [-0.25, -0.2) is 4.79 Å². The van der Waals surface area contributed by atoms with E-state index in [1.54, 1.807) is 11.8 Å². The van der Waals surface area contributed by atoms with Crippen molar-refractivity contribution in [2.45, 2.75) is 11.9 Å². The molecule has 1 saturated heterocycles. The van der Waals surface area contributed by atoms with Crippen LogP contribution in [0.2, 0.25) is 5.02 Å². The van der Waals surface area contributed by atoms with Crippen molar-refractivity contribution in [3.8, 4) is 0 Å². The molecule has 1 atom stereocenters. The van der Waals surface area contributed by atoms with Crippen LogP contribution in [0, 0.1) is 0 Å². The molecular formula is C11H12ClNO2S. The van der Waals surface area contributed by atoms with E-state index in [-0.39, 0.29) is 12.2 Å². The van der Waals surface area contributed by atoms with Crippen molar-refractivity contribution in [1.82, 2.24) is 5.32 Å². The third-order valence-electron chi connectivity index (χ3n) is 2.21. The Bertz CT molecular complexity index is 386. The van der Waals surface area contributed by atoms with Crippen molar-refractivity contribution in [2.75, 3.05) is 12.3 Å². The van der Waals surface area contributed by atoms with Crippen molar-refractivity contribution in [3.63, 3.8) is 0 Å². The summed E-state index contributed by atoms with van der Waals surface area (Å²) in [6.07, 6.45) is -0.315. The van der Waals surface area contributed by atoms with Gasteiger partial charge in [-0.3, -0.25) is 0 Å². The lowest BCUT2D eigenvalue weighted by atomic mass is 10.2. The van der Waals surface area contributed by atoms with Crippen LogP contribution in [-0.4, -0.2) is 24.5 Å². The number of hydrogen-bond acceptors (Lipinski definition) is 3. The molecule has 3 nitrogen and oxygen atoms in total. The number of carbonyl (C=O) groups is 1. The Morgan fingerprint density at radius 3 is 3.12 bits per heavy atom. The average molecular weight is 258 g/mol. The molecule has 1 heterocycles. The zero-order valence-electron chi connectivity index (χ0n) is 8.61. The van der Waals surface area contributed by atoms with Gasteiger partial charge in [0.15, 0.2) is 0 Å². The molecule has 1 amide bonds. The van der Waals surface area contributed by atoms with Crippen LogP contribution in [0.4, 0.5) is 4.79 Å². The lowest BCUT2D eigenvalue weighted by molar-refractivity contribution is 0.150. The minimum atomic E-state index is -0.312. The Kier molecular flexibility index (Phi) is 3.96. The van der Waals surface area contributed by atoms with E-state index in [9.17, 15) is 4.79 Å². The van der Waals surface area contributed by atoms with Crippen molar-refractivity contribution in [3.05, 3.63) is 34.9 Å². The van der Waals surface area contributed by atoms with Crippen LogP contribution in [0.25, 0.3) is 0 Å². The summed E-state index contributed by atoms with van der Waals surface area (Å²) in [7, 11) is 0. The van der Waals surface area contributed by atoms with Crippen LogP contribution in [0.5, 0.6) is 0 Å². The van der Waals surface area contributed by atoms with Crippen LogP contribution in [0.3, 0.4) is 0 Å². The first-order chi connectivity index (χ1) is 7.74. The van der Waals surface area contributed by atoms with E-state index in [1.165, 1.54) is 5.56 Å². The van der Waals surface area contributed by atoms with Crippen molar-refractivity contribution in [2.24, 2.45) is 0 Å². The summed E-state index contributed by atoms with van der Waals surface area (Å²) in [6.45, 7) is 0.612. The van der Waals surface area contributed by atoms with E-state index in [2.05, 4.69) is 5.32 Å². The molecule has 86 valence electrons. The summed E-state index contributed by atoms with van der Waals surface area (Å²) in [5, 5.41) is 3.39. The fourth-order valence-corrected chi connectivity index (χ4v) is 2.65. The number of thioether (sulfide) groups is 1. The molecule has 5 heteroatoms. The number of rotatable bonds is 4. The predicted octanol–water partition coefficient (Wildman–Crippen LogP) is 2.68. The van der Waals surface area contributed by atoms with Gasteiger partial charge in [0.25, 0.3) is 0 Å². The lowest BCUT2D eigenvalue weighted by Gasteiger charge is -2.07. The highest BCUT2D eigenvalue weighted by molar-refractivity contribution is 7.98. The van der Waals surface area contributed by atoms with Gasteiger partial charge in [-0.2, -0.15) is 11.8 Å². The maximum atomic E-state index is 10.8. The molecule has 1 aromatic rings. The second kappa shape index (κ2) is 5.46. The van der Waals surface area contributed by atoms with Gasteiger partial charge in [0, 0.05) is 16.5 Å². The number of hydrogen-bond donors (Lipinski definition) is 1. The molecule has 1 aliphatic heterocycles. The molecule has 1 N–H and O–H groups in total. The Balaban J connectivity index is 1.74. The smallest absolute Gasteiger partial charge is 0.407 e. The van der Waals surface area contributed by atoms with Gasteiger partial charge >= 0.3 is 6.09 Å². The zero-order valence-corrected chi connectivity index (χ0v) is 10.2. The molecule has 1 unspecified atom stereocenters. The molecule has 1 fully saturated rings. The van der Waals surface area contributed by atoms with E-state index in [1.807, 2.05) is 24.3 Å². The van der Waals surface area contributed by atoms with Gasteiger partial charge in [0.2, 0.25) is 0 Å². The maximum Gasteiger partial charge on any atom is 0.407 e. The predicted molar refractivity (Wildman–Crippen MR) is 65.9 cm³/mol. The molecule has 0 aliphatic carbocycles. The normalized spacial score (nSPS) is 19.3. The summed E-state index contributed by atoms with van der Waals surface area (Å²) < 4.78 is 5.03. The summed E-state index contributed by atoms with van der Waals surface area (Å²) in [5.41, 5.74) is 1.19. The first-order valence-corrected chi connectivity index (χ1v) is 6.54. The Labute approximate surface area is 104 Å². The number of ether oxygens (including phenoxy) is 1. The van der Waals surface area contributed by atoms with E-state index < -0.39 is 0 Å². The van der Waals surface area contributed by atoms with Crippen molar-refractivity contribution < 1.29 is 9.53 Å². The Morgan fingerprint density at radius 2 is 2.44 bits per heavy atom. The average Bonchev–Trinajstić information content (AvgIpc) is 2.64. The van der Waals surface area contributed by atoms with Crippen LogP contribution in [-0.2, 0) is 10.5 Å². The molecule has 2 rings (SSSR count). The quantitative estimate of drug-likeness (QED) is 0.901. The lowest BCUT2D eigenvalue weighted by Crippen LogP contribution is -2.16. The highest BCUT2D eigenvalue weighted by atomic mass is 35.5. The van der Waals surface area contributed by atoms with E-state index in [0.717, 1.165) is 16.5 Å². The number of alkyl carbamates (subject to hydrolysis) is 1. The second-order valence-corrected chi connectivity index (χ2v) is 5.02. The topological polar surface area (TPSA) is 38.3 Å². The Hall–Kier alpha value is -0.870. The first-order valence-electron chi connectivity index (χ1n) is 5.01. The van der Waals surface area contributed by atoms with E-state index in [4.69, 9.17) is 16.3 Å². The number of cyclic esters (lactones) is 1. The summed E-state index contributed by atoms with van der Waals surface area (Å²) in [4.78, 5) is 10.8. The monoisotopic (exact) mass is 257 g/mol. The molecular weight excluding hydrogens is 246 g/mol. The molecule has 0 bridgehead atoms. The first kappa shape index (κ1) is 11.6. The fourth-order valence-electron chi connectivity index (χ4n) is 1.46. The Morgan fingerprint density at radius 1 is 1.56 bits per heavy atom.